The number of ketones is 2. The monoisotopic (exact) mass is 248 g/mol. The van der Waals surface area contributed by atoms with Gasteiger partial charge in [-0.1, -0.05) is 18.6 Å². The fraction of sp³-hybridized carbons (Fsp3) is 0.429. The van der Waals surface area contributed by atoms with Crippen molar-refractivity contribution in [3.63, 3.8) is 0 Å². The molecule has 0 atom stereocenters. The van der Waals surface area contributed by atoms with Crippen molar-refractivity contribution in [1.29, 1.82) is 0 Å². The summed E-state index contributed by atoms with van der Waals surface area (Å²) in [5.74, 6) is -0.396. The zero-order chi connectivity index (χ0) is 12.3. The summed E-state index contributed by atoms with van der Waals surface area (Å²) in [6.07, 6.45) is 3.86. The Morgan fingerprint density at radius 3 is 1.94 bits per heavy atom. The first-order valence-corrected chi connectivity index (χ1v) is 6.47. The summed E-state index contributed by atoms with van der Waals surface area (Å²) in [6.45, 7) is 0. The molecule has 1 fully saturated rings. The minimum atomic E-state index is -0.538. The van der Waals surface area contributed by atoms with Crippen LogP contribution in [-0.2, 0) is 9.59 Å². The molecule has 17 heavy (non-hydrogen) atoms. The van der Waals surface area contributed by atoms with Crippen LogP contribution in [0, 0.1) is 0 Å². The number of rotatable bonds is 1. The van der Waals surface area contributed by atoms with Crippen LogP contribution >= 0.6 is 12.6 Å². The molecule has 3 heteroatoms. The van der Waals surface area contributed by atoms with Crippen molar-refractivity contribution < 1.29 is 9.59 Å². The average Bonchev–Trinajstić information content (AvgIpc) is 2.29. The molecule has 1 saturated carbocycles. The van der Waals surface area contributed by atoms with Crippen molar-refractivity contribution in [2.75, 3.05) is 0 Å². The first-order valence-electron chi connectivity index (χ1n) is 6.03. The predicted molar refractivity (Wildman–Crippen MR) is 69.5 cm³/mol. The van der Waals surface area contributed by atoms with Gasteiger partial charge in [0, 0.05) is 17.7 Å². The maximum Gasteiger partial charge on any atom is 0.147 e. The third-order valence-electron chi connectivity index (χ3n) is 3.22. The van der Waals surface area contributed by atoms with E-state index in [1.807, 2.05) is 24.3 Å². The lowest BCUT2D eigenvalue weighted by Crippen LogP contribution is -2.23. The molecule has 0 spiro atoms. The highest BCUT2D eigenvalue weighted by Crippen LogP contribution is 2.26. The first kappa shape index (κ1) is 12.4. The Morgan fingerprint density at radius 1 is 0.882 bits per heavy atom. The van der Waals surface area contributed by atoms with E-state index in [1.165, 1.54) is 0 Å². The zero-order valence-corrected chi connectivity index (χ0v) is 10.6. The fourth-order valence-electron chi connectivity index (χ4n) is 2.28. The molecule has 2 rings (SSSR count). The molecule has 90 valence electrons. The van der Waals surface area contributed by atoms with E-state index < -0.39 is 5.92 Å². The van der Waals surface area contributed by atoms with E-state index in [-0.39, 0.29) is 11.6 Å². The molecule has 2 nitrogen and oxygen atoms in total. The van der Waals surface area contributed by atoms with Crippen molar-refractivity contribution >= 4 is 24.2 Å². The van der Waals surface area contributed by atoms with Crippen LogP contribution in [0.5, 0.6) is 0 Å². The van der Waals surface area contributed by atoms with Gasteiger partial charge in [0.05, 0.1) is 0 Å². The van der Waals surface area contributed by atoms with Crippen LogP contribution in [0.15, 0.2) is 29.2 Å². The third-order valence-corrected chi connectivity index (χ3v) is 3.51. The number of hydrogen-bond donors (Lipinski definition) is 1. The highest BCUT2D eigenvalue weighted by molar-refractivity contribution is 7.80. The van der Waals surface area contributed by atoms with Crippen LogP contribution in [-0.4, -0.2) is 11.6 Å². The number of hydrogen-bond acceptors (Lipinski definition) is 3. The lowest BCUT2D eigenvalue weighted by molar-refractivity contribution is -0.129. The van der Waals surface area contributed by atoms with Crippen molar-refractivity contribution in [2.45, 2.75) is 42.9 Å². The minimum Gasteiger partial charge on any atom is -0.299 e. The van der Waals surface area contributed by atoms with Crippen LogP contribution < -0.4 is 0 Å². The summed E-state index contributed by atoms with van der Waals surface area (Å²) in [6, 6.07) is 7.34. The number of benzene rings is 1. The van der Waals surface area contributed by atoms with Gasteiger partial charge in [0.15, 0.2) is 0 Å². The van der Waals surface area contributed by atoms with Crippen molar-refractivity contribution in [3.8, 4) is 0 Å². The topological polar surface area (TPSA) is 34.1 Å². The molecule has 0 N–H and O–H groups in total. The summed E-state index contributed by atoms with van der Waals surface area (Å²) in [5, 5.41) is 0. The Bertz CT molecular complexity index is 404. The molecular weight excluding hydrogens is 232 g/mol. The fourth-order valence-corrected chi connectivity index (χ4v) is 2.43. The molecule has 1 aliphatic carbocycles. The normalized spacial score (nSPS) is 18.9. The quantitative estimate of drug-likeness (QED) is 0.612. The molecule has 0 saturated heterocycles. The molecule has 0 aromatic heterocycles. The Kier molecular flexibility index (Phi) is 4.00. The van der Waals surface area contributed by atoms with Crippen LogP contribution in [0.25, 0.3) is 0 Å². The number of carbonyl (C=O) groups is 2. The highest BCUT2D eigenvalue weighted by atomic mass is 32.1. The van der Waals surface area contributed by atoms with Gasteiger partial charge in [-0.3, -0.25) is 9.59 Å². The van der Waals surface area contributed by atoms with Crippen LogP contribution in [0.2, 0.25) is 0 Å². The lowest BCUT2D eigenvalue weighted by atomic mass is 9.84. The van der Waals surface area contributed by atoms with Gasteiger partial charge >= 0.3 is 0 Å². The number of thiol groups is 1. The lowest BCUT2D eigenvalue weighted by Gasteiger charge is -2.18. The number of Topliss-reactive ketones (excluding diaryl/α,β-unsaturated/α-hetero) is 2. The molecule has 0 amide bonds. The van der Waals surface area contributed by atoms with Crippen LogP contribution in [0.1, 0.15) is 43.6 Å². The van der Waals surface area contributed by atoms with Crippen molar-refractivity contribution in [1.82, 2.24) is 0 Å². The third kappa shape index (κ3) is 2.97. The van der Waals surface area contributed by atoms with Crippen LogP contribution in [0.3, 0.4) is 0 Å². The maximum atomic E-state index is 12.0. The van der Waals surface area contributed by atoms with E-state index in [4.69, 9.17) is 0 Å². The zero-order valence-electron chi connectivity index (χ0n) is 9.69. The predicted octanol–water partition coefficient (Wildman–Crippen LogP) is 3.16. The van der Waals surface area contributed by atoms with Gasteiger partial charge in [0.25, 0.3) is 0 Å². The first-order chi connectivity index (χ1) is 8.18. The molecule has 1 aromatic rings. The van der Waals surface area contributed by atoms with E-state index in [0.717, 1.165) is 29.7 Å². The van der Waals surface area contributed by atoms with E-state index in [2.05, 4.69) is 12.6 Å². The van der Waals surface area contributed by atoms with E-state index in [1.54, 1.807) is 0 Å². The summed E-state index contributed by atoms with van der Waals surface area (Å²) in [4.78, 5) is 24.9. The molecular formula is C14H16O2S. The van der Waals surface area contributed by atoms with Crippen molar-refractivity contribution in [2.24, 2.45) is 0 Å². The average molecular weight is 248 g/mol. The van der Waals surface area contributed by atoms with Gasteiger partial charge < -0.3 is 0 Å². The second-order valence-corrected chi connectivity index (χ2v) is 5.03. The molecule has 0 aliphatic heterocycles. The summed E-state index contributed by atoms with van der Waals surface area (Å²) < 4.78 is 0. The van der Waals surface area contributed by atoms with Gasteiger partial charge in [-0.25, -0.2) is 0 Å². The molecule has 1 aromatic carbocycles. The van der Waals surface area contributed by atoms with Crippen LogP contribution in [0.4, 0.5) is 0 Å². The molecule has 0 unspecified atom stereocenters. The molecule has 1 aliphatic rings. The number of carbonyl (C=O) groups excluding carboxylic acids is 2. The standard InChI is InChI=1S/C14H16O2S/c15-12-4-2-1-3-5-13(16)14(12)10-6-8-11(17)9-7-10/h6-9,14,17H,1-5H2. The highest BCUT2D eigenvalue weighted by Gasteiger charge is 2.28. The second-order valence-electron chi connectivity index (χ2n) is 4.52. The van der Waals surface area contributed by atoms with Gasteiger partial charge in [0.1, 0.15) is 17.5 Å². The van der Waals surface area contributed by atoms with Gasteiger partial charge in [-0.2, -0.15) is 0 Å². The van der Waals surface area contributed by atoms with Gasteiger partial charge in [-0.15, -0.1) is 12.6 Å². The van der Waals surface area contributed by atoms with E-state index in [9.17, 15) is 9.59 Å². The summed E-state index contributed by atoms with van der Waals surface area (Å²) >= 11 is 4.21. The van der Waals surface area contributed by atoms with Gasteiger partial charge in [-0.05, 0) is 30.5 Å². The minimum absolute atomic E-state index is 0.0709. The Balaban J connectivity index is 2.28. The summed E-state index contributed by atoms with van der Waals surface area (Å²) in [5.41, 5.74) is 0.819. The van der Waals surface area contributed by atoms with E-state index >= 15 is 0 Å². The summed E-state index contributed by atoms with van der Waals surface area (Å²) in [7, 11) is 0. The Labute approximate surface area is 107 Å². The molecule has 0 heterocycles. The maximum absolute atomic E-state index is 12.0. The van der Waals surface area contributed by atoms with Gasteiger partial charge in [0.2, 0.25) is 0 Å². The van der Waals surface area contributed by atoms with Crippen molar-refractivity contribution in [3.05, 3.63) is 29.8 Å². The Hall–Kier alpha value is -1.09. The molecule has 0 bridgehead atoms. The molecule has 0 radical (unpaired) electrons. The Morgan fingerprint density at radius 2 is 1.41 bits per heavy atom. The SMILES string of the molecule is O=C1CCCCCC(=O)C1c1ccc(S)cc1. The second kappa shape index (κ2) is 5.50. The van der Waals surface area contributed by atoms with E-state index in [0.29, 0.717) is 12.8 Å². The largest absolute Gasteiger partial charge is 0.299 e. The smallest absolute Gasteiger partial charge is 0.147 e.